The first-order chi connectivity index (χ1) is 13.9. The third-order valence-corrected chi connectivity index (χ3v) is 6.23. The topological polar surface area (TPSA) is 134 Å². The van der Waals surface area contributed by atoms with Crippen LogP contribution >= 0.6 is 11.8 Å². The number of phenols is 1. The van der Waals surface area contributed by atoms with E-state index in [1.165, 1.54) is 18.3 Å². The minimum atomic E-state index is -1.26. The van der Waals surface area contributed by atoms with Crippen molar-refractivity contribution in [3.63, 3.8) is 0 Å². The summed E-state index contributed by atoms with van der Waals surface area (Å²) in [7, 11) is 0. The predicted octanol–water partition coefficient (Wildman–Crippen LogP) is 1.92. The number of nitro groups is 1. The fourth-order valence-corrected chi connectivity index (χ4v) is 4.60. The molecular weight excluding hydrogens is 396 g/mol. The van der Waals surface area contributed by atoms with Gasteiger partial charge >= 0.3 is 0 Å². The van der Waals surface area contributed by atoms with Gasteiger partial charge < -0.3 is 15.7 Å². The molecule has 1 aliphatic heterocycles. The monoisotopic (exact) mass is 412 g/mol. The van der Waals surface area contributed by atoms with Crippen molar-refractivity contribution in [2.24, 2.45) is 5.92 Å². The van der Waals surface area contributed by atoms with Crippen molar-refractivity contribution in [2.45, 2.75) is 11.4 Å². The molecule has 2 atom stereocenters. The number of amides is 2. The second-order valence-corrected chi connectivity index (χ2v) is 7.90. The average molecular weight is 412 g/mol. The summed E-state index contributed by atoms with van der Waals surface area (Å²) < 4.78 is 0. The highest BCUT2D eigenvalue weighted by Crippen LogP contribution is 2.39. The van der Waals surface area contributed by atoms with E-state index in [2.05, 4.69) is 15.6 Å². The van der Waals surface area contributed by atoms with Gasteiger partial charge in [0.15, 0.2) is 10.7 Å². The Balaban J connectivity index is 1.66. The summed E-state index contributed by atoms with van der Waals surface area (Å²) in [6.07, 6.45) is 6.21. The molecule has 1 aromatic carbocycles. The summed E-state index contributed by atoms with van der Waals surface area (Å²) in [5, 5.41) is 27.9. The van der Waals surface area contributed by atoms with E-state index >= 15 is 0 Å². The van der Waals surface area contributed by atoms with Crippen LogP contribution in [0.5, 0.6) is 5.75 Å². The first-order valence-electron chi connectivity index (χ1n) is 8.75. The van der Waals surface area contributed by atoms with Crippen molar-refractivity contribution in [3.05, 3.63) is 70.1 Å². The molecule has 0 bridgehead atoms. The van der Waals surface area contributed by atoms with Crippen LogP contribution in [0.1, 0.15) is 16.8 Å². The number of fused-ring (bicyclic) bond motifs is 1. The maximum Gasteiger partial charge on any atom is 0.257 e. The lowest BCUT2D eigenvalue weighted by molar-refractivity contribution is -0.429. The van der Waals surface area contributed by atoms with Crippen LogP contribution in [0, 0.1) is 16.0 Å². The number of aromatic nitrogens is 1. The fraction of sp³-hybridized carbons (Fsp3) is 0.211. The van der Waals surface area contributed by atoms with Crippen LogP contribution in [0.3, 0.4) is 0 Å². The van der Waals surface area contributed by atoms with E-state index in [4.69, 9.17) is 0 Å². The number of hydrogen-bond acceptors (Lipinski definition) is 7. The number of nitrogens with one attached hydrogen (secondary N) is 2. The highest BCUT2D eigenvalue weighted by Gasteiger charge is 2.47. The lowest BCUT2D eigenvalue weighted by atomic mass is 9.94. The molecule has 2 aliphatic rings. The molecule has 1 saturated heterocycles. The van der Waals surface area contributed by atoms with Crippen LogP contribution in [-0.4, -0.2) is 37.6 Å². The van der Waals surface area contributed by atoms with Gasteiger partial charge in [-0.25, -0.2) is 0 Å². The van der Waals surface area contributed by atoms with Gasteiger partial charge in [0, 0.05) is 30.0 Å². The zero-order chi connectivity index (χ0) is 20.6. The van der Waals surface area contributed by atoms with E-state index in [1.807, 2.05) is 0 Å². The summed E-state index contributed by atoms with van der Waals surface area (Å²) >= 11 is 1.16. The van der Waals surface area contributed by atoms with Crippen LogP contribution in [0.4, 0.5) is 0 Å². The SMILES string of the molecule is O=C1CSC(NC(=O)c2ccc3cccnc3c2O)(C2C=CC=C([N+](=O)[O-])C2)N1. The van der Waals surface area contributed by atoms with Crippen molar-refractivity contribution in [2.75, 3.05) is 5.75 Å². The molecular formula is C19H16N4O5S. The summed E-state index contributed by atoms with van der Waals surface area (Å²) in [4.78, 5) is 38.5. The number of carbonyl (C=O) groups excluding carboxylic acids is 2. The normalized spacial score (nSPS) is 23.5. The van der Waals surface area contributed by atoms with E-state index in [1.54, 1.807) is 30.4 Å². The maximum atomic E-state index is 13.0. The van der Waals surface area contributed by atoms with Gasteiger partial charge in [-0.1, -0.05) is 24.3 Å². The van der Waals surface area contributed by atoms with Crippen molar-refractivity contribution in [1.29, 1.82) is 0 Å². The molecule has 1 aromatic heterocycles. The van der Waals surface area contributed by atoms with Gasteiger partial charge in [-0.3, -0.25) is 24.7 Å². The van der Waals surface area contributed by atoms with Gasteiger partial charge in [0.25, 0.3) is 5.91 Å². The molecule has 29 heavy (non-hydrogen) atoms. The van der Waals surface area contributed by atoms with E-state index in [0.29, 0.717) is 5.39 Å². The number of hydrogen-bond donors (Lipinski definition) is 3. The second-order valence-electron chi connectivity index (χ2n) is 6.67. The zero-order valence-corrected chi connectivity index (χ0v) is 15.8. The molecule has 2 aromatic rings. The van der Waals surface area contributed by atoms with Gasteiger partial charge in [0.2, 0.25) is 11.6 Å². The lowest BCUT2D eigenvalue weighted by Crippen LogP contribution is -2.59. The lowest BCUT2D eigenvalue weighted by Gasteiger charge is -2.36. The van der Waals surface area contributed by atoms with Gasteiger partial charge in [-0.2, -0.15) is 0 Å². The number of phenolic OH excluding ortho intramolecular Hbond substituents is 1. The molecule has 3 N–H and O–H groups in total. The average Bonchev–Trinajstić information content (AvgIpc) is 3.10. The van der Waals surface area contributed by atoms with Crippen LogP contribution in [-0.2, 0) is 4.79 Å². The summed E-state index contributed by atoms with van der Waals surface area (Å²) in [6.45, 7) is 0. The molecule has 1 fully saturated rings. The van der Waals surface area contributed by atoms with Gasteiger partial charge in [-0.15, -0.1) is 11.8 Å². The van der Waals surface area contributed by atoms with Crippen molar-refractivity contribution < 1.29 is 19.6 Å². The Bertz CT molecular complexity index is 1100. The number of nitrogens with zero attached hydrogens (tertiary/aromatic N) is 2. The van der Waals surface area contributed by atoms with Gasteiger partial charge in [-0.05, 0) is 12.1 Å². The first kappa shape index (κ1) is 18.9. The van der Waals surface area contributed by atoms with Crippen molar-refractivity contribution in [1.82, 2.24) is 15.6 Å². The van der Waals surface area contributed by atoms with Crippen molar-refractivity contribution in [3.8, 4) is 5.75 Å². The maximum absolute atomic E-state index is 13.0. The predicted molar refractivity (Wildman–Crippen MR) is 107 cm³/mol. The number of aromatic hydroxyl groups is 1. The second kappa shape index (κ2) is 7.21. The number of thioether (sulfide) groups is 1. The minimum absolute atomic E-state index is 0.00200. The molecule has 2 amide bonds. The van der Waals surface area contributed by atoms with Crippen LogP contribution in [0.2, 0.25) is 0 Å². The van der Waals surface area contributed by atoms with E-state index in [9.17, 15) is 24.8 Å². The molecule has 10 heteroatoms. The smallest absolute Gasteiger partial charge is 0.257 e. The highest BCUT2D eigenvalue weighted by molar-refractivity contribution is 8.01. The number of benzene rings is 1. The molecule has 2 unspecified atom stereocenters. The Morgan fingerprint density at radius 3 is 2.97 bits per heavy atom. The molecule has 1 aliphatic carbocycles. The Labute approximate surface area is 169 Å². The standard InChI is InChI=1S/C19H16N4O5S/c24-15-10-29-19(21-15,12-4-1-5-13(9-12)23(27)28)22-18(26)14-7-6-11-3-2-8-20-16(11)17(14)25/h1-8,12,25H,9-10H2,(H,21,24)(H,22,26). The zero-order valence-electron chi connectivity index (χ0n) is 15.0. The third-order valence-electron chi connectivity index (χ3n) is 4.87. The number of pyridine rings is 1. The largest absolute Gasteiger partial charge is 0.505 e. The Hall–Kier alpha value is -3.40. The molecule has 4 rings (SSSR count). The highest BCUT2D eigenvalue weighted by atomic mass is 32.2. The van der Waals surface area contributed by atoms with Crippen LogP contribution < -0.4 is 10.6 Å². The number of allylic oxidation sites excluding steroid dienone is 3. The molecule has 2 heterocycles. The van der Waals surface area contributed by atoms with Crippen LogP contribution in [0.15, 0.2) is 54.4 Å². The quantitative estimate of drug-likeness (QED) is 0.516. The molecule has 0 saturated carbocycles. The summed E-state index contributed by atoms with van der Waals surface area (Å²) in [5.41, 5.74) is 0.279. The van der Waals surface area contributed by atoms with E-state index < -0.39 is 21.7 Å². The Kier molecular flexibility index (Phi) is 4.71. The van der Waals surface area contributed by atoms with E-state index in [-0.39, 0.29) is 40.6 Å². The summed E-state index contributed by atoms with van der Waals surface area (Å²) in [6, 6.07) is 6.62. The Morgan fingerprint density at radius 2 is 2.24 bits per heavy atom. The van der Waals surface area contributed by atoms with Gasteiger partial charge in [0.1, 0.15) is 5.52 Å². The van der Waals surface area contributed by atoms with Crippen molar-refractivity contribution >= 4 is 34.5 Å². The summed E-state index contributed by atoms with van der Waals surface area (Å²) in [5.74, 6) is -1.60. The fourth-order valence-electron chi connectivity index (χ4n) is 3.44. The van der Waals surface area contributed by atoms with Gasteiger partial charge in [0.05, 0.1) is 16.2 Å². The molecule has 148 valence electrons. The molecule has 0 spiro atoms. The van der Waals surface area contributed by atoms with E-state index in [0.717, 1.165) is 11.8 Å². The number of carbonyl (C=O) groups is 2. The molecule has 0 radical (unpaired) electrons. The first-order valence-corrected chi connectivity index (χ1v) is 9.74. The molecule has 9 nitrogen and oxygen atoms in total. The van der Waals surface area contributed by atoms with Crippen LogP contribution in [0.25, 0.3) is 10.9 Å². The number of rotatable bonds is 4. The Morgan fingerprint density at radius 1 is 1.41 bits per heavy atom. The minimum Gasteiger partial charge on any atom is -0.505 e. The third kappa shape index (κ3) is 3.42.